The molecule has 2 aromatic heterocycles. The van der Waals surface area contributed by atoms with E-state index in [1.54, 1.807) is 23.6 Å². The van der Waals surface area contributed by atoms with E-state index in [0.29, 0.717) is 51.6 Å². The van der Waals surface area contributed by atoms with Gasteiger partial charge in [0, 0.05) is 25.1 Å². The van der Waals surface area contributed by atoms with Crippen molar-refractivity contribution < 1.29 is 9.59 Å². The maximum absolute atomic E-state index is 13.1. The van der Waals surface area contributed by atoms with Crippen LogP contribution < -0.4 is 16.6 Å². The molecule has 0 unspecified atom stereocenters. The van der Waals surface area contributed by atoms with E-state index in [-0.39, 0.29) is 17.9 Å². The van der Waals surface area contributed by atoms with Crippen molar-refractivity contribution >= 4 is 39.1 Å². The molecule has 8 heteroatoms. The summed E-state index contributed by atoms with van der Waals surface area (Å²) in [7, 11) is 0. The summed E-state index contributed by atoms with van der Waals surface area (Å²) in [4.78, 5) is 42.4. The minimum absolute atomic E-state index is 0.182. The zero-order valence-electron chi connectivity index (χ0n) is 15.8. The van der Waals surface area contributed by atoms with Gasteiger partial charge >= 0.3 is 0 Å². The van der Waals surface area contributed by atoms with Crippen LogP contribution in [0.5, 0.6) is 0 Å². The van der Waals surface area contributed by atoms with Crippen molar-refractivity contribution in [2.75, 3.05) is 5.32 Å². The second-order valence-electron chi connectivity index (χ2n) is 6.46. The summed E-state index contributed by atoms with van der Waals surface area (Å²) in [5.41, 5.74) is 6.33. The first-order valence-electron chi connectivity index (χ1n) is 9.09. The number of amides is 2. The van der Waals surface area contributed by atoms with E-state index in [1.807, 2.05) is 25.1 Å². The Balaban J connectivity index is 2.00. The molecule has 0 aliphatic carbocycles. The van der Waals surface area contributed by atoms with Gasteiger partial charge < -0.3 is 11.1 Å². The Bertz CT molecular complexity index is 1090. The zero-order valence-corrected chi connectivity index (χ0v) is 16.6. The molecule has 0 saturated carbocycles. The van der Waals surface area contributed by atoms with Crippen LogP contribution in [-0.4, -0.2) is 21.4 Å². The maximum atomic E-state index is 13.1. The highest BCUT2D eigenvalue weighted by molar-refractivity contribution is 7.20. The van der Waals surface area contributed by atoms with Gasteiger partial charge in [0.15, 0.2) is 0 Å². The van der Waals surface area contributed by atoms with Crippen LogP contribution in [0.1, 0.15) is 40.8 Å². The molecule has 2 amide bonds. The largest absolute Gasteiger partial charge is 0.370 e. The van der Waals surface area contributed by atoms with E-state index in [1.165, 1.54) is 11.3 Å². The molecule has 146 valence electrons. The van der Waals surface area contributed by atoms with E-state index in [0.717, 1.165) is 0 Å². The molecule has 28 heavy (non-hydrogen) atoms. The zero-order chi connectivity index (χ0) is 20.3. The Morgan fingerprint density at radius 1 is 1.25 bits per heavy atom. The standard InChI is InChI=1S/C20H22N4O3S/c1-3-15-23-19-16(20(27)24(15)11-7-10-14(21)25)12(2)17(28-19)18(26)22-13-8-5-4-6-9-13/h4-6,8-9H,3,7,10-11H2,1-2H3,(H2,21,25)(H,22,26). The van der Waals surface area contributed by atoms with Crippen LogP contribution in [0.3, 0.4) is 0 Å². The number of benzene rings is 1. The highest BCUT2D eigenvalue weighted by atomic mass is 32.1. The number of thiophene rings is 1. The van der Waals surface area contributed by atoms with Crippen molar-refractivity contribution in [3.63, 3.8) is 0 Å². The summed E-state index contributed by atoms with van der Waals surface area (Å²) in [5, 5.41) is 3.31. The highest BCUT2D eigenvalue weighted by Gasteiger charge is 2.21. The van der Waals surface area contributed by atoms with Gasteiger partial charge in [-0.25, -0.2) is 4.98 Å². The number of carbonyl (C=O) groups is 2. The van der Waals surface area contributed by atoms with Crippen molar-refractivity contribution in [1.29, 1.82) is 0 Å². The van der Waals surface area contributed by atoms with Crippen LogP contribution in [0.4, 0.5) is 5.69 Å². The molecule has 0 bridgehead atoms. The summed E-state index contributed by atoms with van der Waals surface area (Å²) in [6.45, 7) is 4.05. The second-order valence-corrected chi connectivity index (χ2v) is 7.46. The molecule has 0 radical (unpaired) electrons. The summed E-state index contributed by atoms with van der Waals surface area (Å²) in [5.74, 6) is -0.0191. The van der Waals surface area contributed by atoms with Crippen LogP contribution in [0, 0.1) is 6.92 Å². The van der Waals surface area contributed by atoms with Gasteiger partial charge in [-0.2, -0.15) is 0 Å². The number of nitrogens with one attached hydrogen (secondary N) is 1. The van der Waals surface area contributed by atoms with E-state index in [4.69, 9.17) is 5.73 Å². The number of aryl methyl sites for hydroxylation is 2. The van der Waals surface area contributed by atoms with Crippen LogP contribution >= 0.6 is 11.3 Å². The quantitative estimate of drug-likeness (QED) is 0.638. The Hall–Kier alpha value is -3.00. The number of nitrogens with two attached hydrogens (primary N) is 1. The molecule has 1 aromatic carbocycles. The van der Waals surface area contributed by atoms with E-state index >= 15 is 0 Å². The molecule has 0 saturated heterocycles. The molecule has 0 fully saturated rings. The molecule has 7 nitrogen and oxygen atoms in total. The van der Waals surface area contributed by atoms with Gasteiger partial charge in [-0.3, -0.25) is 19.0 Å². The number of para-hydroxylation sites is 1. The molecule has 0 spiro atoms. The number of nitrogens with zero attached hydrogens (tertiary/aromatic N) is 2. The maximum Gasteiger partial charge on any atom is 0.266 e. The highest BCUT2D eigenvalue weighted by Crippen LogP contribution is 2.28. The van der Waals surface area contributed by atoms with Gasteiger partial charge in [0.2, 0.25) is 5.91 Å². The number of primary amides is 1. The van der Waals surface area contributed by atoms with Gasteiger partial charge in [-0.1, -0.05) is 25.1 Å². The molecule has 3 N–H and O–H groups in total. The van der Waals surface area contributed by atoms with E-state index in [2.05, 4.69) is 10.3 Å². The normalized spacial score (nSPS) is 10.9. The van der Waals surface area contributed by atoms with Crippen molar-refractivity contribution in [3.05, 3.63) is 57.0 Å². The van der Waals surface area contributed by atoms with Crippen molar-refractivity contribution in [1.82, 2.24) is 9.55 Å². The summed E-state index contributed by atoms with van der Waals surface area (Å²) in [6, 6.07) is 9.16. The van der Waals surface area contributed by atoms with Gasteiger partial charge in [0.25, 0.3) is 11.5 Å². The molecule has 0 aliphatic rings. The summed E-state index contributed by atoms with van der Waals surface area (Å²) >= 11 is 1.22. The van der Waals surface area contributed by atoms with Crippen molar-refractivity contribution in [2.45, 2.75) is 39.7 Å². The first-order chi connectivity index (χ1) is 13.4. The number of aromatic nitrogens is 2. The number of fused-ring (bicyclic) bond motifs is 1. The lowest BCUT2D eigenvalue weighted by Gasteiger charge is -2.10. The predicted molar refractivity (Wildman–Crippen MR) is 111 cm³/mol. The Morgan fingerprint density at radius 3 is 2.61 bits per heavy atom. The third-order valence-electron chi connectivity index (χ3n) is 4.49. The predicted octanol–water partition coefficient (Wildman–Crippen LogP) is 2.85. The fraction of sp³-hybridized carbons (Fsp3) is 0.300. The van der Waals surface area contributed by atoms with Crippen molar-refractivity contribution in [2.24, 2.45) is 5.73 Å². The van der Waals surface area contributed by atoms with Crippen LogP contribution in [0.15, 0.2) is 35.1 Å². The van der Waals surface area contributed by atoms with Gasteiger partial charge in [-0.15, -0.1) is 11.3 Å². The third-order valence-corrected chi connectivity index (χ3v) is 5.67. The van der Waals surface area contributed by atoms with Gasteiger partial charge in [-0.05, 0) is 31.0 Å². The average Bonchev–Trinajstić information content (AvgIpc) is 3.00. The molecule has 2 heterocycles. The minimum Gasteiger partial charge on any atom is -0.370 e. The first-order valence-corrected chi connectivity index (χ1v) is 9.91. The third kappa shape index (κ3) is 3.96. The lowest BCUT2D eigenvalue weighted by molar-refractivity contribution is -0.118. The van der Waals surface area contributed by atoms with Crippen LogP contribution in [0.2, 0.25) is 0 Å². The lowest BCUT2D eigenvalue weighted by atomic mass is 10.2. The van der Waals surface area contributed by atoms with Crippen LogP contribution in [0.25, 0.3) is 10.2 Å². The molecule has 0 atom stereocenters. The van der Waals surface area contributed by atoms with E-state index < -0.39 is 5.91 Å². The lowest BCUT2D eigenvalue weighted by Crippen LogP contribution is -2.26. The number of hydrogen-bond acceptors (Lipinski definition) is 5. The molecule has 3 rings (SSSR count). The first kappa shape index (κ1) is 19.8. The minimum atomic E-state index is -0.397. The topological polar surface area (TPSA) is 107 Å². The molecule has 3 aromatic rings. The smallest absolute Gasteiger partial charge is 0.266 e. The summed E-state index contributed by atoms with van der Waals surface area (Å²) < 4.78 is 1.59. The molecular formula is C20H22N4O3S. The fourth-order valence-corrected chi connectivity index (χ4v) is 4.18. The number of carbonyl (C=O) groups excluding carboxylic acids is 2. The fourth-order valence-electron chi connectivity index (χ4n) is 3.10. The molecule has 0 aliphatic heterocycles. The average molecular weight is 398 g/mol. The monoisotopic (exact) mass is 398 g/mol. The Kier molecular flexibility index (Phi) is 5.89. The number of rotatable bonds is 7. The Labute approximate surface area is 166 Å². The van der Waals surface area contributed by atoms with Crippen LogP contribution in [-0.2, 0) is 17.8 Å². The summed E-state index contributed by atoms with van der Waals surface area (Å²) in [6.07, 6.45) is 1.26. The SMILES string of the molecule is CCc1nc2sc(C(=O)Nc3ccccc3)c(C)c2c(=O)n1CCCC(N)=O. The Morgan fingerprint density at radius 2 is 1.96 bits per heavy atom. The number of hydrogen-bond donors (Lipinski definition) is 2. The van der Waals surface area contributed by atoms with Crippen molar-refractivity contribution in [3.8, 4) is 0 Å². The second kappa shape index (κ2) is 8.35. The van der Waals surface area contributed by atoms with Gasteiger partial charge in [0.1, 0.15) is 10.7 Å². The van der Waals surface area contributed by atoms with E-state index in [9.17, 15) is 14.4 Å². The van der Waals surface area contributed by atoms with Gasteiger partial charge in [0.05, 0.1) is 10.3 Å². The molecular weight excluding hydrogens is 376 g/mol. The number of anilines is 1.